The fourth-order valence-electron chi connectivity index (χ4n) is 4.20. The number of esters is 1. The number of aliphatic hydroxyl groups excluding tert-OH is 1. The van der Waals surface area contributed by atoms with Crippen LogP contribution in [0.5, 0.6) is 0 Å². The molecule has 3 rings (SSSR count). The zero-order valence-corrected chi connectivity index (χ0v) is 16.9. The number of aromatic nitrogens is 1. The molecule has 1 aromatic heterocycles. The molecule has 0 bridgehead atoms. The van der Waals surface area contributed by atoms with E-state index in [1.165, 1.54) is 13.0 Å². The Bertz CT molecular complexity index is 979. The van der Waals surface area contributed by atoms with Crippen LogP contribution >= 0.6 is 0 Å². The van der Waals surface area contributed by atoms with Crippen molar-refractivity contribution in [3.8, 4) is 0 Å². The molecule has 1 fully saturated rings. The van der Waals surface area contributed by atoms with Crippen LogP contribution in [0.3, 0.4) is 0 Å². The second-order valence-electron chi connectivity index (χ2n) is 7.77. The maximum atomic E-state index is 12.7. The third-order valence-electron chi connectivity index (χ3n) is 5.60. The lowest BCUT2D eigenvalue weighted by atomic mass is 9.69. The molecule has 2 aliphatic rings. The number of carbonyl (C=O) groups excluding carboxylic acids is 1. The van der Waals surface area contributed by atoms with Crippen molar-refractivity contribution in [1.29, 1.82) is 0 Å². The second-order valence-corrected chi connectivity index (χ2v) is 9.40. The fourth-order valence-corrected chi connectivity index (χ4v) is 5.50. The monoisotopic (exact) mass is 450 g/mol. The summed E-state index contributed by atoms with van der Waals surface area (Å²) in [4.78, 5) is 15.7. The van der Waals surface area contributed by atoms with Crippen molar-refractivity contribution in [3.05, 3.63) is 35.5 Å². The molecule has 166 valence electrons. The summed E-state index contributed by atoms with van der Waals surface area (Å²) in [5, 5.41) is 20.6. The summed E-state index contributed by atoms with van der Waals surface area (Å²) in [6.07, 6.45) is -3.69. The molecule has 30 heavy (non-hydrogen) atoms. The number of halogens is 3. The summed E-state index contributed by atoms with van der Waals surface area (Å²) in [7, 11) is -3.28. The minimum absolute atomic E-state index is 0.0426. The normalized spacial score (nSPS) is 31.8. The van der Waals surface area contributed by atoms with Gasteiger partial charge in [0.25, 0.3) is 10.0 Å². The van der Waals surface area contributed by atoms with Gasteiger partial charge in [-0.3, -0.25) is 0 Å². The van der Waals surface area contributed by atoms with Gasteiger partial charge < -0.3 is 14.9 Å². The van der Waals surface area contributed by atoms with Gasteiger partial charge in [0.05, 0.1) is 24.4 Å². The summed E-state index contributed by atoms with van der Waals surface area (Å²) in [5.74, 6) is -1.55. The Morgan fingerprint density at radius 3 is 2.53 bits per heavy atom. The number of fused-ring (bicyclic) bond motifs is 1. The molecule has 4 atom stereocenters. The predicted molar refractivity (Wildman–Crippen MR) is 96.4 cm³/mol. The number of hydrogen-bond donors (Lipinski definition) is 3. The average Bonchev–Trinajstić information content (AvgIpc) is 2.94. The number of alkyl halides is 3. The van der Waals surface area contributed by atoms with E-state index in [0.717, 1.165) is 13.2 Å². The van der Waals surface area contributed by atoms with Crippen LogP contribution in [0.4, 0.5) is 13.2 Å². The summed E-state index contributed by atoms with van der Waals surface area (Å²) >= 11 is 0. The first-order valence-corrected chi connectivity index (χ1v) is 10.5. The van der Waals surface area contributed by atoms with E-state index in [9.17, 15) is 36.6 Å². The topological polar surface area (TPSA) is 126 Å². The van der Waals surface area contributed by atoms with Gasteiger partial charge in [0.1, 0.15) is 5.60 Å². The molecule has 0 aliphatic heterocycles. The number of methoxy groups -OCH3 is 1. The maximum Gasteiger partial charge on any atom is 0.417 e. The van der Waals surface area contributed by atoms with Crippen LogP contribution < -0.4 is 4.72 Å². The molecule has 0 aromatic carbocycles. The van der Waals surface area contributed by atoms with E-state index < -0.39 is 55.9 Å². The smallest absolute Gasteiger partial charge is 0.417 e. The van der Waals surface area contributed by atoms with Gasteiger partial charge in [-0.25, -0.2) is 22.9 Å². The molecule has 1 aromatic rings. The lowest BCUT2D eigenvalue weighted by molar-refractivity contribution is -0.143. The zero-order chi connectivity index (χ0) is 22.5. The number of nitrogens with one attached hydrogen (secondary N) is 1. The van der Waals surface area contributed by atoms with Gasteiger partial charge >= 0.3 is 12.1 Å². The summed E-state index contributed by atoms with van der Waals surface area (Å²) in [6, 6.07) is 1.34. The van der Waals surface area contributed by atoms with Crippen LogP contribution in [0.2, 0.25) is 0 Å². The summed E-state index contributed by atoms with van der Waals surface area (Å²) < 4.78 is 70.6. The Balaban J connectivity index is 1.96. The van der Waals surface area contributed by atoms with E-state index in [0.29, 0.717) is 18.7 Å². The predicted octanol–water partition coefficient (Wildman–Crippen LogP) is 1.14. The van der Waals surface area contributed by atoms with Gasteiger partial charge in [0.2, 0.25) is 0 Å². The molecule has 3 N–H and O–H groups in total. The highest BCUT2D eigenvalue weighted by Crippen LogP contribution is 2.49. The molecule has 1 saturated carbocycles. The fraction of sp³-hybridized carbons (Fsp3) is 0.556. The van der Waals surface area contributed by atoms with Gasteiger partial charge in [0, 0.05) is 11.7 Å². The Morgan fingerprint density at radius 2 is 2.00 bits per heavy atom. The van der Waals surface area contributed by atoms with Crippen LogP contribution in [0, 0.1) is 5.92 Å². The van der Waals surface area contributed by atoms with Crippen molar-refractivity contribution in [3.63, 3.8) is 0 Å². The van der Waals surface area contributed by atoms with Crippen molar-refractivity contribution in [2.75, 3.05) is 7.11 Å². The number of aliphatic hydroxyl groups is 2. The van der Waals surface area contributed by atoms with Crippen LogP contribution in [0.25, 0.3) is 0 Å². The van der Waals surface area contributed by atoms with Crippen LogP contribution in [-0.2, 0) is 25.7 Å². The van der Waals surface area contributed by atoms with Crippen molar-refractivity contribution in [2.24, 2.45) is 5.92 Å². The van der Waals surface area contributed by atoms with Gasteiger partial charge in [-0.1, -0.05) is 6.08 Å². The van der Waals surface area contributed by atoms with E-state index in [2.05, 4.69) is 9.71 Å². The molecule has 12 heteroatoms. The molecule has 0 radical (unpaired) electrons. The van der Waals surface area contributed by atoms with Crippen molar-refractivity contribution >= 4 is 16.0 Å². The third-order valence-corrected chi connectivity index (χ3v) is 7.12. The SMILES string of the molecule is COC(=O)C1=C[C@](C)(NS(=O)(=O)c2ccc(C(F)(F)F)cn2)CC2CC[C@@H](O)[C@@]12O. The number of carbonyl (C=O) groups is 1. The molecule has 0 spiro atoms. The number of ether oxygens (including phenoxy) is 1. The van der Waals surface area contributed by atoms with E-state index in [-0.39, 0.29) is 18.4 Å². The molecule has 1 heterocycles. The molecular weight excluding hydrogens is 429 g/mol. The van der Waals surface area contributed by atoms with Gasteiger partial charge in [-0.05, 0) is 44.2 Å². The van der Waals surface area contributed by atoms with Crippen molar-refractivity contribution < 1.29 is 41.3 Å². The van der Waals surface area contributed by atoms with E-state index in [1.807, 2.05) is 0 Å². The Hall–Kier alpha value is -2.02. The van der Waals surface area contributed by atoms with Crippen molar-refractivity contribution in [1.82, 2.24) is 9.71 Å². The molecule has 1 unspecified atom stereocenters. The van der Waals surface area contributed by atoms with Crippen LogP contribution in [-0.4, -0.2) is 53.9 Å². The molecule has 0 amide bonds. The highest BCUT2D eigenvalue weighted by atomic mass is 32.2. The molecule has 0 saturated heterocycles. The number of hydrogen-bond acceptors (Lipinski definition) is 7. The maximum absolute atomic E-state index is 12.7. The molecular formula is C18H21F3N2O6S. The Labute approximate surface area is 170 Å². The Morgan fingerprint density at radius 1 is 1.33 bits per heavy atom. The van der Waals surface area contributed by atoms with Crippen LogP contribution in [0.15, 0.2) is 35.0 Å². The number of sulfonamides is 1. The average molecular weight is 450 g/mol. The third kappa shape index (κ3) is 3.84. The number of nitrogens with zero attached hydrogens (tertiary/aromatic N) is 1. The first kappa shape index (κ1) is 22.7. The van der Waals surface area contributed by atoms with Gasteiger partial charge in [-0.15, -0.1) is 0 Å². The van der Waals surface area contributed by atoms with Gasteiger partial charge in [-0.2, -0.15) is 13.2 Å². The Kier molecular flexibility index (Phi) is 5.51. The second kappa shape index (κ2) is 7.29. The van der Waals surface area contributed by atoms with E-state index in [4.69, 9.17) is 4.74 Å². The largest absolute Gasteiger partial charge is 0.466 e. The summed E-state index contributed by atoms with van der Waals surface area (Å²) in [5.41, 5.74) is -4.61. The highest BCUT2D eigenvalue weighted by molar-refractivity contribution is 7.89. The zero-order valence-electron chi connectivity index (χ0n) is 16.1. The first-order chi connectivity index (χ1) is 13.7. The van der Waals surface area contributed by atoms with Gasteiger partial charge in [0.15, 0.2) is 5.03 Å². The van der Waals surface area contributed by atoms with E-state index >= 15 is 0 Å². The lowest BCUT2D eigenvalue weighted by Crippen LogP contribution is -2.57. The minimum atomic E-state index is -4.66. The lowest BCUT2D eigenvalue weighted by Gasteiger charge is -2.44. The van der Waals surface area contributed by atoms with Crippen molar-refractivity contribution in [2.45, 2.75) is 54.6 Å². The van der Waals surface area contributed by atoms with Crippen LogP contribution in [0.1, 0.15) is 31.7 Å². The van der Waals surface area contributed by atoms with E-state index in [1.54, 1.807) is 0 Å². The summed E-state index contributed by atoms with van der Waals surface area (Å²) in [6.45, 7) is 1.46. The molecule has 2 aliphatic carbocycles. The first-order valence-electron chi connectivity index (χ1n) is 9.02. The highest BCUT2D eigenvalue weighted by Gasteiger charge is 2.58. The standard InChI is InChI=1S/C18H21F3N2O6S/c1-16(23-30(27,28)14-6-4-11(9-22-14)18(19,20)21)7-10-3-5-13(24)17(10,26)12(8-16)15(25)29-2/h4,6,8-10,13,23-24,26H,3,5,7H2,1-2H3/t10?,13-,16-,17+/m1/s1. The number of rotatable bonds is 4. The minimum Gasteiger partial charge on any atom is -0.466 e. The quantitative estimate of drug-likeness (QED) is 0.588. The molecule has 8 nitrogen and oxygen atoms in total. The number of pyridine rings is 1.